The molecule has 0 aliphatic heterocycles. The minimum atomic E-state index is 0.395. The number of hydrogen-bond acceptors (Lipinski definition) is 2. The van der Waals surface area contributed by atoms with Crippen molar-refractivity contribution < 1.29 is 4.79 Å². The highest BCUT2D eigenvalue weighted by atomic mass is 16.1. The normalized spacial score (nSPS) is 28.0. The second-order valence-corrected chi connectivity index (χ2v) is 5.12. The van der Waals surface area contributed by atoms with Gasteiger partial charge in [0.2, 0.25) is 0 Å². The van der Waals surface area contributed by atoms with Gasteiger partial charge in [-0.15, -0.1) is 0 Å². The second kappa shape index (κ2) is 5.50. The number of ketones is 1. The summed E-state index contributed by atoms with van der Waals surface area (Å²) in [6.07, 6.45) is 6.09. The molecular weight excluding hydrogens is 174 g/mol. The number of Topliss-reactive ketones (excluding diaryl/α,β-unsaturated/α-hetero) is 1. The van der Waals surface area contributed by atoms with Crippen molar-refractivity contribution in [2.24, 2.45) is 17.6 Å². The van der Waals surface area contributed by atoms with E-state index in [1.807, 2.05) is 0 Å². The van der Waals surface area contributed by atoms with E-state index < -0.39 is 0 Å². The summed E-state index contributed by atoms with van der Waals surface area (Å²) in [6, 6.07) is 0.395. The lowest BCUT2D eigenvalue weighted by Gasteiger charge is -2.25. The molecule has 2 nitrogen and oxygen atoms in total. The zero-order valence-electron chi connectivity index (χ0n) is 9.46. The molecule has 0 amide bonds. The van der Waals surface area contributed by atoms with Gasteiger partial charge in [0.05, 0.1) is 0 Å². The van der Waals surface area contributed by atoms with Crippen molar-refractivity contribution in [1.82, 2.24) is 0 Å². The van der Waals surface area contributed by atoms with Crippen molar-refractivity contribution in [2.75, 3.05) is 0 Å². The lowest BCUT2D eigenvalue weighted by Crippen LogP contribution is -2.27. The summed E-state index contributed by atoms with van der Waals surface area (Å²) >= 11 is 0. The van der Waals surface area contributed by atoms with Gasteiger partial charge in [-0.25, -0.2) is 0 Å². The van der Waals surface area contributed by atoms with E-state index >= 15 is 0 Å². The van der Waals surface area contributed by atoms with Crippen LogP contribution in [0.15, 0.2) is 0 Å². The van der Waals surface area contributed by atoms with E-state index in [9.17, 15) is 4.79 Å². The van der Waals surface area contributed by atoms with Crippen LogP contribution >= 0.6 is 0 Å². The van der Waals surface area contributed by atoms with Crippen LogP contribution in [0, 0.1) is 11.8 Å². The van der Waals surface area contributed by atoms with E-state index in [-0.39, 0.29) is 0 Å². The fourth-order valence-electron chi connectivity index (χ4n) is 2.25. The smallest absolute Gasteiger partial charge is 0.133 e. The third-order valence-electron chi connectivity index (χ3n) is 3.04. The number of carbonyl (C=O) groups excluding carboxylic acids is 1. The average Bonchev–Trinajstić information content (AvgIpc) is 2.07. The van der Waals surface area contributed by atoms with E-state index in [4.69, 9.17) is 5.73 Å². The third kappa shape index (κ3) is 4.23. The summed E-state index contributed by atoms with van der Waals surface area (Å²) in [5.41, 5.74) is 5.82. The van der Waals surface area contributed by atoms with Crippen molar-refractivity contribution in [3.05, 3.63) is 0 Å². The first-order chi connectivity index (χ1) is 6.58. The van der Waals surface area contributed by atoms with Crippen LogP contribution in [0.2, 0.25) is 0 Å². The van der Waals surface area contributed by atoms with E-state index in [2.05, 4.69) is 13.8 Å². The molecule has 1 aliphatic rings. The highest BCUT2D eigenvalue weighted by Crippen LogP contribution is 2.26. The quantitative estimate of drug-likeness (QED) is 0.752. The predicted octanol–water partition coefficient (Wildman–Crippen LogP) is 2.51. The van der Waals surface area contributed by atoms with E-state index in [0.29, 0.717) is 23.7 Å². The Labute approximate surface area is 87.2 Å². The van der Waals surface area contributed by atoms with Gasteiger partial charge in [-0.1, -0.05) is 13.8 Å². The molecule has 1 rings (SSSR count). The lowest BCUT2D eigenvalue weighted by molar-refractivity contribution is -0.120. The Kier molecular flexibility index (Phi) is 4.59. The van der Waals surface area contributed by atoms with Crippen molar-refractivity contribution in [2.45, 2.75) is 58.4 Å². The van der Waals surface area contributed by atoms with Gasteiger partial charge in [0.25, 0.3) is 0 Å². The lowest BCUT2D eigenvalue weighted by atomic mass is 9.82. The van der Waals surface area contributed by atoms with Crippen molar-refractivity contribution >= 4 is 5.78 Å². The van der Waals surface area contributed by atoms with Crippen LogP contribution in [-0.2, 0) is 4.79 Å². The Balaban J connectivity index is 2.20. The van der Waals surface area contributed by atoms with Crippen LogP contribution in [0.3, 0.4) is 0 Å². The molecule has 0 radical (unpaired) electrons. The molecule has 1 saturated carbocycles. The number of rotatable bonds is 4. The van der Waals surface area contributed by atoms with Crippen LogP contribution in [-0.4, -0.2) is 11.8 Å². The zero-order chi connectivity index (χ0) is 10.6. The molecule has 1 aliphatic carbocycles. The Morgan fingerprint density at radius 2 is 1.86 bits per heavy atom. The van der Waals surface area contributed by atoms with Gasteiger partial charge in [-0.2, -0.15) is 0 Å². The zero-order valence-corrected chi connectivity index (χ0v) is 9.46. The minimum Gasteiger partial charge on any atom is -0.328 e. The minimum absolute atomic E-state index is 0.395. The van der Waals surface area contributed by atoms with Crippen molar-refractivity contribution in [1.29, 1.82) is 0 Å². The first-order valence-electron chi connectivity index (χ1n) is 5.85. The predicted molar refractivity (Wildman–Crippen MR) is 59.0 cm³/mol. The van der Waals surface area contributed by atoms with E-state index in [0.717, 1.165) is 38.5 Å². The fraction of sp³-hybridized carbons (Fsp3) is 0.917. The maximum Gasteiger partial charge on any atom is 0.133 e. The highest BCUT2D eigenvalue weighted by Gasteiger charge is 2.20. The Bertz CT molecular complexity index is 181. The summed E-state index contributed by atoms with van der Waals surface area (Å²) in [4.78, 5) is 11.6. The molecule has 0 saturated heterocycles. The summed E-state index contributed by atoms with van der Waals surface area (Å²) in [5, 5.41) is 0. The molecule has 0 unspecified atom stereocenters. The Morgan fingerprint density at radius 1 is 1.29 bits per heavy atom. The summed E-state index contributed by atoms with van der Waals surface area (Å²) in [7, 11) is 0. The van der Waals surface area contributed by atoms with Crippen LogP contribution in [0.1, 0.15) is 52.4 Å². The SMILES string of the molecule is CC(C)CC(=O)CC1CCC(N)CC1. The molecule has 14 heavy (non-hydrogen) atoms. The van der Waals surface area contributed by atoms with Crippen LogP contribution in [0.25, 0.3) is 0 Å². The average molecular weight is 197 g/mol. The maximum absolute atomic E-state index is 11.6. The molecule has 2 N–H and O–H groups in total. The first kappa shape index (κ1) is 11.7. The topological polar surface area (TPSA) is 43.1 Å². The van der Waals surface area contributed by atoms with Gasteiger partial charge in [0.1, 0.15) is 5.78 Å². The summed E-state index contributed by atoms with van der Waals surface area (Å²) in [5.74, 6) is 1.58. The molecule has 0 aromatic heterocycles. The van der Waals surface area contributed by atoms with Crippen LogP contribution in [0.5, 0.6) is 0 Å². The van der Waals surface area contributed by atoms with Gasteiger partial charge in [0.15, 0.2) is 0 Å². The molecule has 2 heteroatoms. The van der Waals surface area contributed by atoms with Crippen LogP contribution in [0.4, 0.5) is 0 Å². The Morgan fingerprint density at radius 3 is 2.36 bits per heavy atom. The molecule has 1 fully saturated rings. The maximum atomic E-state index is 11.6. The monoisotopic (exact) mass is 197 g/mol. The Hall–Kier alpha value is -0.370. The standard InChI is InChI=1S/C12H23NO/c1-9(2)7-12(14)8-10-3-5-11(13)6-4-10/h9-11H,3-8,13H2,1-2H3. The van der Waals surface area contributed by atoms with Gasteiger partial charge in [-0.05, 0) is 37.5 Å². The van der Waals surface area contributed by atoms with Gasteiger partial charge in [-0.3, -0.25) is 4.79 Å². The van der Waals surface area contributed by atoms with Gasteiger partial charge in [0, 0.05) is 18.9 Å². The summed E-state index contributed by atoms with van der Waals surface area (Å²) in [6.45, 7) is 4.21. The van der Waals surface area contributed by atoms with Gasteiger partial charge < -0.3 is 5.73 Å². The molecule has 0 spiro atoms. The van der Waals surface area contributed by atoms with Crippen molar-refractivity contribution in [3.8, 4) is 0 Å². The molecule has 0 bridgehead atoms. The number of carbonyl (C=O) groups is 1. The van der Waals surface area contributed by atoms with E-state index in [1.54, 1.807) is 0 Å². The fourth-order valence-corrected chi connectivity index (χ4v) is 2.25. The first-order valence-corrected chi connectivity index (χ1v) is 5.85. The molecule has 0 atom stereocenters. The number of nitrogens with two attached hydrogens (primary N) is 1. The van der Waals surface area contributed by atoms with E-state index in [1.165, 1.54) is 0 Å². The van der Waals surface area contributed by atoms with Crippen molar-refractivity contribution in [3.63, 3.8) is 0 Å². The summed E-state index contributed by atoms with van der Waals surface area (Å²) < 4.78 is 0. The van der Waals surface area contributed by atoms with Crippen LogP contribution < -0.4 is 5.73 Å². The molecular formula is C12H23NO. The van der Waals surface area contributed by atoms with Gasteiger partial charge >= 0.3 is 0 Å². The largest absolute Gasteiger partial charge is 0.328 e. The number of hydrogen-bond donors (Lipinski definition) is 1. The third-order valence-corrected chi connectivity index (χ3v) is 3.04. The molecule has 82 valence electrons. The molecule has 0 heterocycles. The molecule has 0 aromatic carbocycles. The highest BCUT2D eigenvalue weighted by molar-refractivity contribution is 5.78. The second-order valence-electron chi connectivity index (χ2n) is 5.12. The molecule has 0 aromatic rings.